The Morgan fingerprint density at radius 1 is 1.03 bits per heavy atom. The summed E-state index contributed by atoms with van der Waals surface area (Å²) in [4.78, 5) is 20.9. The van der Waals surface area contributed by atoms with Gasteiger partial charge in [-0.1, -0.05) is 47.1 Å². The van der Waals surface area contributed by atoms with Crippen LogP contribution in [0.4, 0.5) is 10.5 Å². The number of hydrogen-bond acceptors (Lipinski definition) is 6. The molecule has 4 aromatic rings. The fourth-order valence-corrected chi connectivity index (χ4v) is 4.84. The molecular formula is C28H26N4O3S. The Balaban J connectivity index is 1.67. The second-order valence-electron chi connectivity index (χ2n) is 8.49. The summed E-state index contributed by atoms with van der Waals surface area (Å²) in [5, 5.41) is 7.41. The number of anilines is 1. The molecule has 2 amide bonds. The first-order valence-electron chi connectivity index (χ1n) is 11.5. The molecule has 1 N–H and O–H groups in total. The highest BCUT2D eigenvalue weighted by Gasteiger charge is 2.36. The Kier molecular flexibility index (Phi) is 6.52. The quantitative estimate of drug-likeness (QED) is 0.307. The number of nitrogens with one attached hydrogen (secondary N) is 1. The van der Waals surface area contributed by atoms with Crippen molar-refractivity contribution in [2.45, 2.75) is 24.8 Å². The van der Waals surface area contributed by atoms with E-state index < -0.39 is 6.04 Å². The Bertz CT molecular complexity index is 1460. The van der Waals surface area contributed by atoms with E-state index in [-0.39, 0.29) is 6.03 Å². The molecule has 36 heavy (non-hydrogen) atoms. The average Bonchev–Trinajstić information content (AvgIpc) is 3.38. The molecule has 0 aliphatic carbocycles. The highest BCUT2D eigenvalue weighted by molar-refractivity contribution is 7.98. The predicted molar refractivity (Wildman–Crippen MR) is 142 cm³/mol. The van der Waals surface area contributed by atoms with Gasteiger partial charge in [0.15, 0.2) is 0 Å². The summed E-state index contributed by atoms with van der Waals surface area (Å²) in [5.74, 6) is 1.54. The number of allylic oxidation sites excluding steroid dienone is 1. The molecule has 0 fully saturated rings. The normalized spacial score (nSPS) is 15.7. The van der Waals surface area contributed by atoms with Crippen molar-refractivity contribution in [2.75, 3.05) is 18.3 Å². The van der Waals surface area contributed by atoms with Gasteiger partial charge < -0.3 is 14.6 Å². The molecule has 5 rings (SSSR count). The fraction of sp³-hybridized carbons (Fsp3) is 0.179. The van der Waals surface area contributed by atoms with Crippen molar-refractivity contribution in [1.29, 1.82) is 0 Å². The first-order valence-corrected chi connectivity index (χ1v) is 12.7. The van der Waals surface area contributed by atoms with Crippen LogP contribution in [0.5, 0.6) is 5.75 Å². The number of ether oxygens (including phenoxy) is 1. The Morgan fingerprint density at radius 3 is 2.61 bits per heavy atom. The number of aryl methyl sites for hydroxylation is 1. The minimum absolute atomic E-state index is 0.235. The molecule has 0 bridgehead atoms. The predicted octanol–water partition coefficient (Wildman–Crippen LogP) is 6.48. The zero-order valence-corrected chi connectivity index (χ0v) is 21.3. The lowest BCUT2D eigenvalue weighted by atomic mass is 9.94. The molecule has 0 spiro atoms. The van der Waals surface area contributed by atoms with Crippen molar-refractivity contribution in [3.8, 4) is 17.1 Å². The second-order valence-corrected chi connectivity index (χ2v) is 9.37. The first-order chi connectivity index (χ1) is 17.5. The van der Waals surface area contributed by atoms with Crippen LogP contribution in [0.1, 0.15) is 30.0 Å². The maximum absolute atomic E-state index is 13.5. The van der Waals surface area contributed by atoms with Crippen LogP contribution in [0.15, 0.2) is 87.9 Å². The van der Waals surface area contributed by atoms with E-state index >= 15 is 0 Å². The van der Waals surface area contributed by atoms with Gasteiger partial charge in [-0.05, 0) is 62.1 Å². The summed E-state index contributed by atoms with van der Waals surface area (Å²) in [6.07, 6.45) is 2.01. The maximum atomic E-state index is 13.5. The molecule has 7 nitrogen and oxygen atoms in total. The van der Waals surface area contributed by atoms with Crippen LogP contribution >= 0.6 is 11.8 Å². The molecule has 1 unspecified atom stereocenters. The minimum atomic E-state index is -0.501. The first kappa shape index (κ1) is 23.7. The molecular weight excluding hydrogens is 472 g/mol. The monoisotopic (exact) mass is 498 g/mol. The third-order valence-corrected chi connectivity index (χ3v) is 6.88. The summed E-state index contributed by atoms with van der Waals surface area (Å²) in [6.45, 7) is 3.93. The van der Waals surface area contributed by atoms with E-state index in [1.54, 1.807) is 23.8 Å². The number of hydrogen-bond donors (Lipinski definition) is 1. The molecule has 1 aliphatic rings. The van der Waals surface area contributed by atoms with Gasteiger partial charge in [0.05, 0.1) is 24.4 Å². The number of amides is 2. The van der Waals surface area contributed by atoms with Crippen LogP contribution in [0, 0.1) is 6.92 Å². The third-order valence-electron chi connectivity index (χ3n) is 6.16. The molecule has 0 radical (unpaired) electrons. The Morgan fingerprint density at radius 2 is 1.83 bits per heavy atom. The highest BCUT2D eigenvalue weighted by atomic mass is 32.2. The molecule has 8 heteroatoms. The van der Waals surface area contributed by atoms with Gasteiger partial charge in [-0.25, -0.2) is 4.79 Å². The average molecular weight is 499 g/mol. The van der Waals surface area contributed by atoms with Gasteiger partial charge in [0.1, 0.15) is 5.75 Å². The van der Waals surface area contributed by atoms with Gasteiger partial charge in [-0.2, -0.15) is 4.98 Å². The number of aromatic nitrogens is 2. The van der Waals surface area contributed by atoms with E-state index in [4.69, 9.17) is 14.2 Å². The largest absolute Gasteiger partial charge is 0.497 e. The number of benzene rings is 3. The standard InChI is InChI=1S/C28H26N4O3S/c1-17-8-5-10-20(14-17)26-30-27(35-31-26)24-18(2)32(21-11-7-13-23(16-21)36-4)28(33)29-25(24)19-9-6-12-22(15-19)34-3/h5-16,25H,1-4H3,(H,29,33). The highest BCUT2D eigenvalue weighted by Crippen LogP contribution is 2.40. The Labute approximate surface area is 214 Å². The van der Waals surface area contributed by atoms with Crippen molar-refractivity contribution < 1.29 is 14.1 Å². The second kappa shape index (κ2) is 9.91. The van der Waals surface area contributed by atoms with Crippen molar-refractivity contribution in [2.24, 2.45) is 0 Å². The summed E-state index contributed by atoms with van der Waals surface area (Å²) >= 11 is 1.62. The molecule has 1 aromatic heterocycles. The van der Waals surface area contributed by atoms with E-state index in [1.807, 2.05) is 92.9 Å². The zero-order valence-electron chi connectivity index (χ0n) is 20.5. The molecule has 1 atom stereocenters. The molecule has 0 saturated carbocycles. The summed E-state index contributed by atoms with van der Waals surface area (Å²) < 4.78 is 11.2. The molecule has 3 aromatic carbocycles. The van der Waals surface area contributed by atoms with E-state index in [9.17, 15) is 4.79 Å². The van der Waals surface area contributed by atoms with Crippen molar-refractivity contribution in [1.82, 2.24) is 15.5 Å². The number of urea groups is 1. The lowest BCUT2D eigenvalue weighted by molar-refractivity contribution is 0.244. The van der Waals surface area contributed by atoms with Gasteiger partial charge in [-0.15, -0.1) is 11.8 Å². The summed E-state index contributed by atoms with van der Waals surface area (Å²) in [7, 11) is 1.62. The Hall–Kier alpha value is -4.04. The summed E-state index contributed by atoms with van der Waals surface area (Å²) in [5.41, 5.74) is 5.02. The lowest BCUT2D eigenvalue weighted by Gasteiger charge is -2.35. The zero-order chi connectivity index (χ0) is 25.2. The van der Waals surface area contributed by atoms with Gasteiger partial charge in [-0.3, -0.25) is 4.90 Å². The number of nitrogens with zero attached hydrogens (tertiary/aromatic N) is 3. The number of carbonyl (C=O) groups is 1. The van der Waals surface area contributed by atoms with E-state index in [0.29, 0.717) is 23.2 Å². The van der Waals surface area contributed by atoms with Crippen molar-refractivity contribution in [3.05, 3.63) is 95.5 Å². The third kappa shape index (κ3) is 4.47. The van der Waals surface area contributed by atoms with E-state index in [0.717, 1.165) is 32.8 Å². The maximum Gasteiger partial charge on any atom is 0.326 e. The van der Waals surface area contributed by atoms with Gasteiger partial charge >= 0.3 is 6.03 Å². The fourth-order valence-electron chi connectivity index (χ4n) is 4.39. The van der Waals surface area contributed by atoms with Crippen molar-refractivity contribution in [3.63, 3.8) is 0 Å². The van der Waals surface area contributed by atoms with Crippen LogP contribution in [-0.4, -0.2) is 29.5 Å². The molecule has 182 valence electrons. The van der Waals surface area contributed by atoms with Crippen LogP contribution < -0.4 is 15.0 Å². The van der Waals surface area contributed by atoms with Gasteiger partial charge in [0.25, 0.3) is 5.89 Å². The van der Waals surface area contributed by atoms with Crippen LogP contribution in [0.3, 0.4) is 0 Å². The van der Waals surface area contributed by atoms with E-state index in [2.05, 4.69) is 10.5 Å². The van der Waals surface area contributed by atoms with Gasteiger partial charge in [0.2, 0.25) is 5.82 Å². The van der Waals surface area contributed by atoms with Gasteiger partial charge in [0, 0.05) is 16.2 Å². The SMILES string of the molecule is COc1cccc(C2NC(=O)N(c3cccc(SC)c3)C(C)=C2c2nc(-c3cccc(C)c3)no2)c1. The van der Waals surface area contributed by atoms with Crippen molar-refractivity contribution >= 4 is 29.1 Å². The minimum Gasteiger partial charge on any atom is -0.497 e. The van der Waals surface area contributed by atoms with Crippen LogP contribution in [0.25, 0.3) is 17.0 Å². The topological polar surface area (TPSA) is 80.5 Å². The van der Waals surface area contributed by atoms with E-state index in [1.165, 1.54) is 0 Å². The lowest BCUT2D eigenvalue weighted by Crippen LogP contribution is -2.46. The van der Waals surface area contributed by atoms with Crippen LogP contribution in [0.2, 0.25) is 0 Å². The molecule has 0 saturated heterocycles. The smallest absolute Gasteiger partial charge is 0.326 e. The molecule has 1 aliphatic heterocycles. The summed E-state index contributed by atoms with van der Waals surface area (Å²) in [6, 6.07) is 22.7. The number of carbonyl (C=O) groups excluding carboxylic acids is 1. The number of thioether (sulfide) groups is 1. The molecule has 2 heterocycles. The number of methoxy groups -OCH3 is 1. The van der Waals surface area contributed by atoms with Crippen LogP contribution in [-0.2, 0) is 0 Å². The number of rotatable bonds is 6.